The second-order valence-electron chi connectivity index (χ2n) is 4.40. The van der Waals surface area contributed by atoms with Gasteiger partial charge >= 0.3 is 0 Å². The number of hydrogen-bond donors (Lipinski definition) is 0. The van der Waals surface area contributed by atoms with Crippen molar-refractivity contribution in [2.75, 3.05) is 0 Å². The summed E-state index contributed by atoms with van der Waals surface area (Å²) in [7, 11) is -3.56. The van der Waals surface area contributed by atoms with Crippen molar-refractivity contribution < 1.29 is 17.2 Å². The van der Waals surface area contributed by atoms with Gasteiger partial charge in [0.2, 0.25) is 0 Å². The van der Waals surface area contributed by atoms with Crippen LogP contribution >= 0.6 is 11.6 Å². The van der Waals surface area contributed by atoms with Crippen LogP contribution in [0.15, 0.2) is 47.9 Å². The van der Waals surface area contributed by atoms with E-state index in [0.717, 1.165) is 17.6 Å². The molecule has 0 N–H and O–H groups in total. The van der Waals surface area contributed by atoms with Gasteiger partial charge in [0, 0.05) is 22.1 Å². The van der Waals surface area contributed by atoms with Crippen LogP contribution in [0.25, 0.3) is 6.08 Å². The van der Waals surface area contributed by atoms with Crippen molar-refractivity contribution in [1.29, 1.82) is 0 Å². The van der Waals surface area contributed by atoms with Gasteiger partial charge in [0.1, 0.15) is 11.6 Å². The van der Waals surface area contributed by atoms with Crippen LogP contribution in [-0.2, 0) is 15.6 Å². The van der Waals surface area contributed by atoms with Crippen LogP contribution in [0.1, 0.15) is 11.1 Å². The molecule has 0 aliphatic rings. The van der Waals surface area contributed by atoms with E-state index < -0.39 is 21.5 Å². The second-order valence-corrected chi connectivity index (χ2v) is 6.73. The van der Waals surface area contributed by atoms with Crippen LogP contribution < -0.4 is 0 Å². The number of benzene rings is 2. The van der Waals surface area contributed by atoms with Crippen LogP contribution in [0, 0.1) is 11.6 Å². The summed E-state index contributed by atoms with van der Waals surface area (Å²) < 4.78 is 50.0. The van der Waals surface area contributed by atoms with Gasteiger partial charge in [0.05, 0.1) is 5.75 Å². The minimum atomic E-state index is -3.56. The van der Waals surface area contributed by atoms with E-state index in [1.54, 1.807) is 24.3 Å². The zero-order valence-electron chi connectivity index (χ0n) is 10.8. The first-order chi connectivity index (χ1) is 9.85. The zero-order valence-corrected chi connectivity index (χ0v) is 12.3. The van der Waals surface area contributed by atoms with E-state index in [-0.39, 0.29) is 11.3 Å². The minimum Gasteiger partial charge on any atom is -0.224 e. The van der Waals surface area contributed by atoms with E-state index >= 15 is 0 Å². The fraction of sp³-hybridized carbons (Fsp3) is 0.0667. The second kappa shape index (κ2) is 6.37. The van der Waals surface area contributed by atoms with Crippen molar-refractivity contribution in [3.63, 3.8) is 0 Å². The molecule has 0 saturated heterocycles. The predicted octanol–water partition coefficient (Wildman–Crippen LogP) is 4.20. The van der Waals surface area contributed by atoms with Crippen LogP contribution in [0.3, 0.4) is 0 Å². The van der Waals surface area contributed by atoms with E-state index in [0.29, 0.717) is 16.7 Å². The van der Waals surface area contributed by atoms with Gasteiger partial charge in [-0.3, -0.25) is 0 Å². The van der Waals surface area contributed by atoms with Crippen molar-refractivity contribution in [1.82, 2.24) is 0 Å². The summed E-state index contributed by atoms with van der Waals surface area (Å²) in [5.41, 5.74) is 0.583. The van der Waals surface area contributed by atoms with Crippen molar-refractivity contribution in [2.45, 2.75) is 5.75 Å². The maximum Gasteiger partial charge on any atom is 0.175 e. The Kier molecular flexibility index (Phi) is 4.75. The van der Waals surface area contributed by atoms with Gasteiger partial charge in [-0.25, -0.2) is 17.2 Å². The van der Waals surface area contributed by atoms with Gasteiger partial charge in [-0.05, 0) is 35.9 Å². The van der Waals surface area contributed by atoms with Crippen LogP contribution in [0.5, 0.6) is 0 Å². The van der Waals surface area contributed by atoms with E-state index in [9.17, 15) is 17.2 Å². The number of halogens is 3. The summed E-state index contributed by atoms with van der Waals surface area (Å²) in [5.74, 6) is -1.75. The Morgan fingerprint density at radius 1 is 1.05 bits per heavy atom. The molecule has 2 aromatic rings. The van der Waals surface area contributed by atoms with Crippen molar-refractivity contribution in [3.8, 4) is 0 Å². The number of hydrogen-bond acceptors (Lipinski definition) is 2. The molecule has 0 atom stereocenters. The summed E-state index contributed by atoms with van der Waals surface area (Å²) in [6.45, 7) is 0. The van der Waals surface area contributed by atoms with E-state index in [1.807, 2.05) is 0 Å². The molecule has 0 saturated carbocycles. The average molecular weight is 329 g/mol. The first-order valence-corrected chi connectivity index (χ1v) is 8.05. The summed E-state index contributed by atoms with van der Waals surface area (Å²) in [6, 6.07) is 9.34. The molecule has 110 valence electrons. The first-order valence-electron chi connectivity index (χ1n) is 5.96. The molecule has 0 amide bonds. The molecule has 0 aliphatic carbocycles. The highest BCUT2D eigenvalue weighted by molar-refractivity contribution is 7.93. The Balaban J connectivity index is 2.16. The average Bonchev–Trinajstić information content (AvgIpc) is 2.40. The molecule has 0 bridgehead atoms. The van der Waals surface area contributed by atoms with Gasteiger partial charge < -0.3 is 0 Å². The highest BCUT2D eigenvalue weighted by Crippen LogP contribution is 2.15. The Morgan fingerprint density at radius 3 is 2.33 bits per heavy atom. The minimum absolute atomic E-state index is 0.0103. The lowest BCUT2D eigenvalue weighted by Gasteiger charge is -2.01. The predicted molar refractivity (Wildman–Crippen MR) is 79.5 cm³/mol. The van der Waals surface area contributed by atoms with Gasteiger partial charge in [-0.2, -0.15) is 0 Å². The van der Waals surface area contributed by atoms with Crippen LogP contribution in [0.4, 0.5) is 8.78 Å². The van der Waals surface area contributed by atoms with Crippen LogP contribution in [-0.4, -0.2) is 8.42 Å². The third-order valence-corrected chi connectivity index (χ3v) is 4.24. The molecule has 2 aromatic carbocycles. The highest BCUT2D eigenvalue weighted by atomic mass is 35.5. The van der Waals surface area contributed by atoms with Crippen molar-refractivity contribution in [3.05, 3.63) is 75.7 Å². The Bertz CT molecular complexity index is 769. The maximum atomic E-state index is 13.4. The lowest BCUT2D eigenvalue weighted by molar-refractivity contribution is 0.581. The summed E-state index contributed by atoms with van der Waals surface area (Å²) in [5, 5.41) is 1.43. The molecule has 21 heavy (non-hydrogen) atoms. The van der Waals surface area contributed by atoms with Gasteiger partial charge in [0.25, 0.3) is 0 Å². The maximum absolute atomic E-state index is 13.4. The normalized spacial score (nSPS) is 12.0. The fourth-order valence-electron chi connectivity index (χ4n) is 1.67. The number of rotatable bonds is 4. The molecule has 6 heteroatoms. The van der Waals surface area contributed by atoms with Gasteiger partial charge in [-0.15, -0.1) is 0 Å². The molecule has 2 rings (SSSR count). The molecular weight excluding hydrogens is 318 g/mol. The van der Waals surface area contributed by atoms with Crippen molar-refractivity contribution in [2.24, 2.45) is 0 Å². The molecule has 0 radical (unpaired) electrons. The molecule has 0 aromatic heterocycles. The molecule has 0 aliphatic heterocycles. The van der Waals surface area contributed by atoms with Gasteiger partial charge in [0.15, 0.2) is 9.84 Å². The Morgan fingerprint density at radius 2 is 1.71 bits per heavy atom. The largest absolute Gasteiger partial charge is 0.224 e. The lowest BCUT2D eigenvalue weighted by Crippen LogP contribution is -2.00. The Hall–Kier alpha value is -1.72. The Labute approximate surface area is 126 Å². The van der Waals surface area contributed by atoms with Crippen LogP contribution in [0.2, 0.25) is 5.02 Å². The third-order valence-electron chi connectivity index (χ3n) is 2.70. The quantitative estimate of drug-likeness (QED) is 0.842. The van der Waals surface area contributed by atoms with Crippen molar-refractivity contribution >= 4 is 27.5 Å². The highest BCUT2D eigenvalue weighted by Gasteiger charge is 2.09. The lowest BCUT2D eigenvalue weighted by atomic mass is 10.2. The monoisotopic (exact) mass is 328 g/mol. The SMILES string of the molecule is O=S(=O)(C=Cc1ccc(F)cc1F)Cc1ccc(Cl)cc1. The first kappa shape index (κ1) is 15.7. The van der Waals surface area contributed by atoms with E-state index in [1.165, 1.54) is 6.07 Å². The summed E-state index contributed by atoms with van der Waals surface area (Å²) >= 11 is 5.72. The molecule has 0 unspecified atom stereocenters. The topological polar surface area (TPSA) is 34.1 Å². The number of sulfone groups is 1. The smallest absolute Gasteiger partial charge is 0.175 e. The molecule has 0 spiro atoms. The standard InChI is InChI=1S/C15H11ClF2O2S/c16-13-4-1-11(2-5-13)10-21(19,20)8-7-12-3-6-14(17)9-15(12)18/h1-9H,10H2. The molecule has 0 heterocycles. The molecular formula is C15H11ClF2O2S. The molecule has 0 fully saturated rings. The summed E-state index contributed by atoms with van der Waals surface area (Å²) in [6.07, 6.45) is 1.11. The third kappa shape index (κ3) is 4.65. The van der Waals surface area contributed by atoms with Gasteiger partial charge in [-0.1, -0.05) is 23.7 Å². The summed E-state index contributed by atoms with van der Waals surface area (Å²) in [4.78, 5) is 0. The fourth-order valence-corrected chi connectivity index (χ4v) is 2.91. The zero-order chi connectivity index (χ0) is 15.5. The van der Waals surface area contributed by atoms with E-state index in [4.69, 9.17) is 11.6 Å². The van der Waals surface area contributed by atoms with E-state index in [2.05, 4.69) is 0 Å². The molecule has 2 nitrogen and oxygen atoms in total.